The number of carboxylic acid groups (broad SMARTS) is 1. The molecule has 3 heterocycles. The van der Waals surface area contributed by atoms with Gasteiger partial charge in [0.15, 0.2) is 0 Å². The summed E-state index contributed by atoms with van der Waals surface area (Å²) in [6, 6.07) is 1.15. The molecule has 26 heavy (non-hydrogen) atoms. The molecule has 3 aliphatic heterocycles. The fourth-order valence-corrected chi connectivity index (χ4v) is 5.98. The fraction of sp³-hybridized carbons (Fsp3) is 0.895. The Labute approximate surface area is 155 Å². The maximum absolute atomic E-state index is 12.1. The average Bonchev–Trinajstić information content (AvgIpc) is 3.27. The molecule has 1 saturated carbocycles. The van der Waals surface area contributed by atoms with Crippen molar-refractivity contribution in [3.05, 3.63) is 0 Å². The Morgan fingerprint density at radius 3 is 2.42 bits per heavy atom. The smallest absolute Gasteiger partial charge is 0.407 e. The second-order valence-electron chi connectivity index (χ2n) is 8.85. The molecular formula is C19H32N4O3. The lowest BCUT2D eigenvalue weighted by Gasteiger charge is -2.52. The molecule has 7 nitrogen and oxygen atoms in total. The Hall–Kier alpha value is -1.50. The van der Waals surface area contributed by atoms with Gasteiger partial charge in [0.1, 0.15) is 0 Å². The van der Waals surface area contributed by atoms with E-state index in [0.717, 1.165) is 58.3 Å². The maximum atomic E-state index is 12.1. The van der Waals surface area contributed by atoms with Gasteiger partial charge in [-0.25, -0.2) is 9.59 Å². The number of rotatable bonds is 2. The van der Waals surface area contributed by atoms with Crippen molar-refractivity contribution in [3.63, 3.8) is 0 Å². The molecule has 0 aromatic rings. The van der Waals surface area contributed by atoms with Crippen LogP contribution in [-0.2, 0) is 0 Å². The predicted octanol–water partition coefficient (Wildman–Crippen LogP) is 2.03. The van der Waals surface area contributed by atoms with Crippen molar-refractivity contribution < 1.29 is 14.7 Å². The lowest BCUT2D eigenvalue weighted by atomic mass is 9.64. The molecule has 7 heteroatoms. The van der Waals surface area contributed by atoms with Gasteiger partial charge in [0.2, 0.25) is 0 Å². The van der Waals surface area contributed by atoms with Gasteiger partial charge in [0.25, 0.3) is 0 Å². The van der Waals surface area contributed by atoms with Gasteiger partial charge in [-0.05, 0) is 69.4 Å². The summed E-state index contributed by atoms with van der Waals surface area (Å²) in [7, 11) is 1.72. The number of carbonyl (C=O) groups excluding carboxylic acids is 1. The highest BCUT2D eigenvalue weighted by molar-refractivity contribution is 5.74. The number of nitrogens with zero attached hydrogens (tertiary/aromatic N) is 3. The van der Waals surface area contributed by atoms with Crippen LogP contribution in [-0.4, -0.2) is 83.8 Å². The van der Waals surface area contributed by atoms with E-state index in [9.17, 15) is 14.7 Å². The summed E-state index contributed by atoms with van der Waals surface area (Å²) in [5, 5.41) is 12.0. The number of piperidine rings is 1. The first kappa shape index (κ1) is 17.9. The highest BCUT2D eigenvalue weighted by atomic mass is 16.4. The van der Waals surface area contributed by atoms with Crippen molar-refractivity contribution in [1.29, 1.82) is 0 Å². The van der Waals surface area contributed by atoms with Crippen LogP contribution in [0, 0.1) is 11.3 Å². The van der Waals surface area contributed by atoms with Crippen LogP contribution in [0.4, 0.5) is 9.59 Å². The van der Waals surface area contributed by atoms with E-state index >= 15 is 0 Å². The summed E-state index contributed by atoms with van der Waals surface area (Å²) in [4.78, 5) is 29.5. The second-order valence-corrected chi connectivity index (χ2v) is 8.85. The van der Waals surface area contributed by atoms with E-state index in [1.54, 1.807) is 11.9 Å². The summed E-state index contributed by atoms with van der Waals surface area (Å²) in [6.07, 6.45) is 7.24. The molecule has 0 bridgehead atoms. The minimum Gasteiger partial charge on any atom is -0.465 e. The van der Waals surface area contributed by atoms with Crippen LogP contribution in [0.2, 0.25) is 0 Å². The molecule has 1 unspecified atom stereocenters. The summed E-state index contributed by atoms with van der Waals surface area (Å²) >= 11 is 0. The van der Waals surface area contributed by atoms with E-state index in [-0.39, 0.29) is 11.4 Å². The van der Waals surface area contributed by atoms with Gasteiger partial charge in [-0.15, -0.1) is 0 Å². The van der Waals surface area contributed by atoms with Gasteiger partial charge in [0.05, 0.1) is 0 Å². The number of amides is 3. The molecule has 4 fully saturated rings. The molecule has 3 amide bonds. The molecule has 4 rings (SSSR count). The molecule has 0 aromatic carbocycles. The van der Waals surface area contributed by atoms with Gasteiger partial charge in [-0.3, -0.25) is 0 Å². The Morgan fingerprint density at radius 1 is 1.08 bits per heavy atom. The Balaban J connectivity index is 1.25. The van der Waals surface area contributed by atoms with Crippen LogP contribution in [0.25, 0.3) is 0 Å². The van der Waals surface area contributed by atoms with Crippen molar-refractivity contribution in [3.8, 4) is 0 Å². The zero-order valence-electron chi connectivity index (χ0n) is 15.8. The van der Waals surface area contributed by atoms with E-state index in [1.165, 1.54) is 12.8 Å². The molecule has 1 aliphatic carbocycles. The molecule has 1 atom stereocenters. The monoisotopic (exact) mass is 364 g/mol. The minimum absolute atomic E-state index is 0.0834. The number of carbonyl (C=O) groups is 2. The van der Waals surface area contributed by atoms with Gasteiger partial charge >= 0.3 is 12.1 Å². The van der Waals surface area contributed by atoms with E-state index in [2.05, 4.69) is 15.1 Å². The quantitative estimate of drug-likeness (QED) is 0.786. The van der Waals surface area contributed by atoms with Crippen LogP contribution in [0.5, 0.6) is 0 Å². The number of hydrogen-bond acceptors (Lipinski definition) is 3. The number of urea groups is 1. The first-order valence-electron chi connectivity index (χ1n) is 10.2. The van der Waals surface area contributed by atoms with Gasteiger partial charge in [0, 0.05) is 38.8 Å². The predicted molar refractivity (Wildman–Crippen MR) is 98.2 cm³/mol. The third kappa shape index (κ3) is 3.15. The first-order valence-corrected chi connectivity index (χ1v) is 10.2. The van der Waals surface area contributed by atoms with Crippen LogP contribution >= 0.6 is 0 Å². The van der Waals surface area contributed by atoms with Gasteiger partial charge in [-0.2, -0.15) is 0 Å². The third-order valence-electron chi connectivity index (χ3n) is 7.45. The summed E-state index contributed by atoms with van der Waals surface area (Å²) in [5.41, 5.74) is 0.265. The zero-order chi connectivity index (χ0) is 18.3. The number of hydrogen-bond donors (Lipinski definition) is 2. The van der Waals surface area contributed by atoms with E-state index < -0.39 is 6.09 Å². The largest absolute Gasteiger partial charge is 0.465 e. The Bertz CT molecular complexity index is 555. The summed E-state index contributed by atoms with van der Waals surface area (Å²) < 4.78 is 0. The van der Waals surface area contributed by atoms with E-state index in [4.69, 9.17) is 0 Å². The number of nitrogens with one attached hydrogen (secondary N) is 1. The standard InChI is InChI=1S/C19H32N4O3/c1-20-17(24)23-7-2-3-16(23)14-4-8-21(9-5-14)15-11-19(12-15)6-10-22(13-19)18(25)26/h14-16H,2-13H2,1H3,(H,20,24)(H,25,26). The van der Waals surface area contributed by atoms with Crippen LogP contribution in [0.3, 0.4) is 0 Å². The van der Waals surface area contributed by atoms with Crippen molar-refractivity contribution in [2.24, 2.45) is 11.3 Å². The van der Waals surface area contributed by atoms with Crippen molar-refractivity contribution in [2.75, 3.05) is 39.8 Å². The fourth-order valence-electron chi connectivity index (χ4n) is 5.98. The van der Waals surface area contributed by atoms with Crippen molar-refractivity contribution >= 4 is 12.1 Å². The number of likely N-dealkylation sites (tertiary alicyclic amines) is 3. The van der Waals surface area contributed by atoms with Crippen molar-refractivity contribution in [2.45, 2.75) is 57.0 Å². The Kier molecular flexibility index (Phi) is 4.75. The van der Waals surface area contributed by atoms with Crippen LogP contribution in [0.15, 0.2) is 0 Å². The Morgan fingerprint density at radius 2 is 1.81 bits per heavy atom. The normalized spacial score (nSPS) is 35.7. The minimum atomic E-state index is -0.761. The molecule has 2 N–H and O–H groups in total. The maximum Gasteiger partial charge on any atom is 0.407 e. The van der Waals surface area contributed by atoms with Crippen LogP contribution in [0.1, 0.15) is 44.9 Å². The molecular weight excluding hydrogens is 332 g/mol. The SMILES string of the molecule is CNC(=O)N1CCCC1C1CCN(C2CC3(CCN(C(=O)O)C3)C2)CC1. The lowest BCUT2D eigenvalue weighted by Crippen LogP contribution is -2.55. The summed E-state index contributed by atoms with van der Waals surface area (Å²) in [5.74, 6) is 0.633. The highest BCUT2D eigenvalue weighted by Crippen LogP contribution is 2.50. The molecule has 0 radical (unpaired) electrons. The third-order valence-corrected chi connectivity index (χ3v) is 7.45. The molecule has 4 aliphatic rings. The van der Waals surface area contributed by atoms with Gasteiger partial charge in [-0.1, -0.05) is 0 Å². The molecule has 146 valence electrons. The van der Waals surface area contributed by atoms with E-state index in [1.807, 2.05) is 0 Å². The zero-order valence-corrected chi connectivity index (χ0v) is 15.8. The van der Waals surface area contributed by atoms with Crippen LogP contribution < -0.4 is 5.32 Å². The van der Waals surface area contributed by atoms with Gasteiger partial charge < -0.3 is 25.1 Å². The van der Waals surface area contributed by atoms with Crippen molar-refractivity contribution in [1.82, 2.24) is 20.0 Å². The average molecular weight is 364 g/mol. The summed E-state index contributed by atoms with van der Waals surface area (Å²) in [6.45, 7) is 4.60. The topological polar surface area (TPSA) is 76.1 Å². The lowest BCUT2D eigenvalue weighted by molar-refractivity contribution is -0.0137. The molecule has 1 spiro atoms. The second kappa shape index (κ2) is 6.91. The highest BCUT2D eigenvalue weighted by Gasteiger charge is 2.51. The molecule has 0 aromatic heterocycles. The molecule has 3 saturated heterocycles. The first-order chi connectivity index (χ1) is 12.5. The van der Waals surface area contributed by atoms with E-state index in [0.29, 0.717) is 24.5 Å².